The third-order valence-corrected chi connectivity index (χ3v) is 4.37. The van der Waals surface area contributed by atoms with Gasteiger partial charge in [-0.3, -0.25) is 4.79 Å². The van der Waals surface area contributed by atoms with E-state index < -0.39 is 0 Å². The van der Waals surface area contributed by atoms with Gasteiger partial charge < -0.3 is 9.80 Å². The third-order valence-electron chi connectivity index (χ3n) is 4.37. The van der Waals surface area contributed by atoms with Crippen molar-refractivity contribution in [3.63, 3.8) is 0 Å². The van der Waals surface area contributed by atoms with Crippen LogP contribution in [0.25, 0.3) is 0 Å². The maximum absolute atomic E-state index is 11.8. The number of carbonyl (C=O) groups is 1. The second-order valence-corrected chi connectivity index (χ2v) is 5.93. The highest BCUT2D eigenvalue weighted by atomic mass is 16.1. The molecule has 0 radical (unpaired) electrons. The lowest BCUT2D eigenvalue weighted by molar-refractivity contribution is -0.125. The number of nitrogens with zero attached hydrogens (tertiary/aromatic N) is 2. The van der Waals surface area contributed by atoms with Crippen molar-refractivity contribution in [2.24, 2.45) is 5.92 Å². The van der Waals surface area contributed by atoms with Gasteiger partial charge in [0.2, 0.25) is 0 Å². The summed E-state index contributed by atoms with van der Waals surface area (Å²) in [6, 6.07) is 0.683. The standard InChI is InChI=1S/C14H26N2O/c1-15(2)13-7-5-9-16(11-13)10-12-6-3-4-8-14(12)17/h12-13H,3-11H2,1-2H3. The lowest BCUT2D eigenvalue weighted by atomic mass is 9.87. The molecule has 0 spiro atoms. The molecule has 2 aliphatic rings. The number of likely N-dealkylation sites (tertiary alicyclic amines) is 1. The third kappa shape index (κ3) is 3.52. The number of carbonyl (C=O) groups excluding carboxylic acids is 1. The molecule has 2 unspecified atom stereocenters. The zero-order valence-electron chi connectivity index (χ0n) is 11.3. The van der Waals surface area contributed by atoms with Crippen LogP contribution in [0.2, 0.25) is 0 Å². The van der Waals surface area contributed by atoms with Crippen LogP contribution < -0.4 is 0 Å². The second-order valence-electron chi connectivity index (χ2n) is 5.93. The molecular weight excluding hydrogens is 212 g/mol. The van der Waals surface area contributed by atoms with E-state index in [1.807, 2.05) is 0 Å². The lowest BCUT2D eigenvalue weighted by Crippen LogP contribution is -2.47. The molecule has 2 fully saturated rings. The molecule has 1 heterocycles. The van der Waals surface area contributed by atoms with Crippen LogP contribution in [-0.4, -0.2) is 55.4 Å². The van der Waals surface area contributed by atoms with Gasteiger partial charge in [0, 0.05) is 31.5 Å². The fourth-order valence-electron chi connectivity index (χ4n) is 3.18. The first-order valence-corrected chi connectivity index (χ1v) is 7.08. The SMILES string of the molecule is CN(C)C1CCCN(CC2CCCCC2=O)C1. The van der Waals surface area contributed by atoms with Crippen molar-refractivity contribution in [1.82, 2.24) is 9.80 Å². The van der Waals surface area contributed by atoms with Crippen molar-refractivity contribution in [1.29, 1.82) is 0 Å². The van der Waals surface area contributed by atoms with E-state index in [4.69, 9.17) is 0 Å². The van der Waals surface area contributed by atoms with Gasteiger partial charge in [-0.1, -0.05) is 6.42 Å². The first-order chi connectivity index (χ1) is 8.16. The average molecular weight is 238 g/mol. The summed E-state index contributed by atoms with van der Waals surface area (Å²) in [6.07, 6.45) is 6.92. The Hall–Kier alpha value is -0.410. The first-order valence-electron chi connectivity index (χ1n) is 7.08. The smallest absolute Gasteiger partial charge is 0.137 e. The molecular formula is C14H26N2O. The average Bonchev–Trinajstić information content (AvgIpc) is 2.32. The molecule has 0 N–H and O–H groups in total. The predicted molar refractivity (Wildman–Crippen MR) is 70.1 cm³/mol. The molecule has 1 aliphatic carbocycles. The van der Waals surface area contributed by atoms with Gasteiger partial charge in [0.25, 0.3) is 0 Å². The van der Waals surface area contributed by atoms with E-state index in [1.165, 1.54) is 25.8 Å². The van der Waals surface area contributed by atoms with E-state index in [9.17, 15) is 4.79 Å². The molecule has 1 aliphatic heterocycles. The summed E-state index contributed by atoms with van der Waals surface area (Å²) in [4.78, 5) is 16.7. The molecule has 98 valence electrons. The molecule has 2 rings (SSSR count). The maximum atomic E-state index is 11.8. The zero-order chi connectivity index (χ0) is 12.3. The highest BCUT2D eigenvalue weighted by molar-refractivity contribution is 5.81. The van der Waals surface area contributed by atoms with Crippen molar-refractivity contribution in [2.45, 2.75) is 44.6 Å². The Morgan fingerprint density at radius 2 is 2.06 bits per heavy atom. The van der Waals surface area contributed by atoms with E-state index in [0.717, 1.165) is 32.4 Å². The Labute approximate surface area is 105 Å². The Morgan fingerprint density at radius 1 is 1.24 bits per heavy atom. The lowest BCUT2D eigenvalue weighted by Gasteiger charge is -2.38. The summed E-state index contributed by atoms with van der Waals surface area (Å²) >= 11 is 0. The Balaban J connectivity index is 1.83. The fraction of sp³-hybridized carbons (Fsp3) is 0.929. The van der Waals surface area contributed by atoms with Gasteiger partial charge >= 0.3 is 0 Å². The number of rotatable bonds is 3. The van der Waals surface area contributed by atoms with Crippen molar-refractivity contribution in [2.75, 3.05) is 33.7 Å². The van der Waals surface area contributed by atoms with Crippen molar-refractivity contribution in [3.8, 4) is 0 Å². The number of Topliss-reactive ketones (excluding diaryl/α,β-unsaturated/α-hetero) is 1. The van der Waals surface area contributed by atoms with Crippen molar-refractivity contribution >= 4 is 5.78 Å². The number of hydrogen-bond acceptors (Lipinski definition) is 3. The second kappa shape index (κ2) is 5.96. The van der Waals surface area contributed by atoms with Crippen LogP contribution in [0.3, 0.4) is 0 Å². The molecule has 3 heteroatoms. The van der Waals surface area contributed by atoms with Gasteiger partial charge in [0.05, 0.1) is 0 Å². The van der Waals surface area contributed by atoms with E-state index in [2.05, 4.69) is 23.9 Å². The Morgan fingerprint density at radius 3 is 2.76 bits per heavy atom. The number of likely N-dealkylation sites (N-methyl/N-ethyl adjacent to an activating group) is 1. The highest BCUT2D eigenvalue weighted by Crippen LogP contribution is 2.23. The van der Waals surface area contributed by atoms with Gasteiger partial charge in [-0.25, -0.2) is 0 Å². The van der Waals surface area contributed by atoms with E-state index in [-0.39, 0.29) is 0 Å². The van der Waals surface area contributed by atoms with E-state index in [1.54, 1.807) is 0 Å². The number of hydrogen-bond donors (Lipinski definition) is 0. The van der Waals surface area contributed by atoms with Crippen molar-refractivity contribution in [3.05, 3.63) is 0 Å². The summed E-state index contributed by atoms with van der Waals surface area (Å²) in [7, 11) is 4.33. The molecule has 17 heavy (non-hydrogen) atoms. The summed E-state index contributed by atoms with van der Waals surface area (Å²) in [5.74, 6) is 0.855. The quantitative estimate of drug-likeness (QED) is 0.748. The predicted octanol–water partition coefficient (Wildman–Crippen LogP) is 1.77. The largest absolute Gasteiger partial charge is 0.305 e. The minimum atomic E-state index is 0.338. The molecule has 3 nitrogen and oxygen atoms in total. The minimum Gasteiger partial charge on any atom is -0.305 e. The minimum absolute atomic E-state index is 0.338. The molecule has 1 saturated carbocycles. The van der Waals surface area contributed by atoms with Gasteiger partial charge in [-0.2, -0.15) is 0 Å². The first kappa shape index (κ1) is 13.0. The molecule has 0 aromatic heterocycles. The highest BCUT2D eigenvalue weighted by Gasteiger charge is 2.27. The summed E-state index contributed by atoms with van der Waals surface area (Å²) in [5.41, 5.74) is 0. The Bertz CT molecular complexity index is 265. The van der Waals surface area contributed by atoms with E-state index >= 15 is 0 Å². The molecule has 1 saturated heterocycles. The Kier molecular flexibility index (Phi) is 4.57. The molecule has 2 atom stereocenters. The van der Waals surface area contributed by atoms with Crippen LogP contribution in [0, 0.1) is 5.92 Å². The number of piperidine rings is 1. The van der Waals surface area contributed by atoms with Crippen LogP contribution in [0.15, 0.2) is 0 Å². The normalized spacial score (nSPS) is 32.1. The molecule has 0 aromatic rings. The van der Waals surface area contributed by atoms with E-state index in [0.29, 0.717) is 17.7 Å². The molecule has 0 amide bonds. The fourth-order valence-corrected chi connectivity index (χ4v) is 3.18. The summed E-state index contributed by atoms with van der Waals surface area (Å²) < 4.78 is 0. The summed E-state index contributed by atoms with van der Waals surface area (Å²) in [6.45, 7) is 3.36. The van der Waals surface area contributed by atoms with Gasteiger partial charge in [0.15, 0.2) is 0 Å². The van der Waals surface area contributed by atoms with Crippen LogP contribution in [-0.2, 0) is 4.79 Å². The van der Waals surface area contributed by atoms with Gasteiger partial charge in [0.1, 0.15) is 5.78 Å². The zero-order valence-corrected chi connectivity index (χ0v) is 11.3. The van der Waals surface area contributed by atoms with Crippen LogP contribution in [0.4, 0.5) is 0 Å². The van der Waals surface area contributed by atoms with Crippen LogP contribution in [0.5, 0.6) is 0 Å². The van der Waals surface area contributed by atoms with Crippen LogP contribution >= 0.6 is 0 Å². The van der Waals surface area contributed by atoms with Gasteiger partial charge in [-0.05, 0) is 46.3 Å². The molecule has 0 aromatic carbocycles. The van der Waals surface area contributed by atoms with Crippen LogP contribution in [0.1, 0.15) is 38.5 Å². The number of ketones is 1. The maximum Gasteiger partial charge on any atom is 0.137 e. The van der Waals surface area contributed by atoms with Crippen molar-refractivity contribution < 1.29 is 4.79 Å². The summed E-state index contributed by atoms with van der Waals surface area (Å²) in [5, 5.41) is 0. The van der Waals surface area contributed by atoms with Gasteiger partial charge in [-0.15, -0.1) is 0 Å². The topological polar surface area (TPSA) is 23.6 Å². The molecule has 0 bridgehead atoms. The monoisotopic (exact) mass is 238 g/mol.